The Morgan fingerprint density at radius 2 is 1.62 bits per heavy atom. The molecule has 7 nitrogen and oxygen atoms in total. The number of Topliss-reactive ketones (excluding diaryl/α,β-unsaturated/α-hetero) is 1. The van der Waals surface area contributed by atoms with Crippen molar-refractivity contribution in [3.63, 3.8) is 0 Å². The molecule has 3 aromatic rings. The Morgan fingerprint density at radius 1 is 0.976 bits per heavy atom. The number of aliphatic imine (C=N–C) groups is 1. The fraction of sp³-hybridized carbons (Fsp3) is 0.364. The number of amidine groups is 1. The van der Waals surface area contributed by atoms with Crippen molar-refractivity contribution in [3.05, 3.63) is 99.0 Å². The van der Waals surface area contributed by atoms with Gasteiger partial charge >= 0.3 is 6.03 Å². The van der Waals surface area contributed by atoms with Crippen molar-refractivity contribution < 1.29 is 14.3 Å². The lowest BCUT2D eigenvalue weighted by Crippen LogP contribution is -2.52. The molecular formula is C33H36Cl2N4O3. The number of carbonyl (C=O) groups is 2. The van der Waals surface area contributed by atoms with Gasteiger partial charge in [0.15, 0.2) is 0 Å². The highest BCUT2D eigenvalue weighted by Gasteiger charge is 2.45. The van der Waals surface area contributed by atoms with Crippen LogP contribution in [0.25, 0.3) is 0 Å². The molecule has 1 fully saturated rings. The summed E-state index contributed by atoms with van der Waals surface area (Å²) in [6, 6.07) is 20.0. The van der Waals surface area contributed by atoms with Gasteiger partial charge in [-0.1, -0.05) is 74.3 Å². The molecule has 2 aliphatic heterocycles. The zero-order valence-corrected chi connectivity index (χ0v) is 25.9. The average Bonchev–Trinajstić information content (AvgIpc) is 3.21. The van der Waals surface area contributed by atoms with Crippen LogP contribution in [0.5, 0.6) is 5.75 Å². The normalized spacial score (nSPS) is 19.5. The van der Waals surface area contributed by atoms with Gasteiger partial charge in [-0.25, -0.2) is 10.2 Å². The molecule has 2 atom stereocenters. The van der Waals surface area contributed by atoms with Crippen molar-refractivity contribution in [2.45, 2.75) is 58.0 Å². The first-order valence-corrected chi connectivity index (χ1v) is 15.0. The number of nitrogens with zero attached hydrogens (tertiary/aromatic N) is 3. The fourth-order valence-electron chi connectivity index (χ4n) is 5.37. The largest absolute Gasteiger partial charge is 0.493 e. The van der Waals surface area contributed by atoms with E-state index in [0.29, 0.717) is 41.2 Å². The highest BCUT2D eigenvalue weighted by atomic mass is 35.5. The Hall–Kier alpha value is -3.39. The van der Waals surface area contributed by atoms with Crippen LogP contribution >= 0.6 is 23.2 Å². The summed E-state index contributed by atoms with van der Waals surface area (Å²) < 4.78 is 6.11. The van der Waals surface area contributed by atoms with Gasteiger partial charge < -0.3 is 4.74 Å². The van der Waals surface area contributed by atoms with Gasteiger partial charge in [0.1, 0.15) is 23.4 Å². The Kier molecular flexibility index (Phi) is 8.92. The van der Waals surface area contributed by atoms with Crippen molar-refractivity contribution in [3.8, 4) is 5.75 Å². The quantitative estimate of drug-likeness (QED) is 0.326. The van der Waals surface area contributed by atoms with Gasteiger partial charge in [0.2, 0.25) is 0 Å². The first-order chi connectivity index (χ1) is 20.1. The lowest BCUT2D eigenvalue weighted by Gasteiger charge is -2.34. The van der Waals surface area contributed by atoms with Crippen LogP contribution in [0, 0.1) is 0 Å². The summed E-state index contributed by atoms with van der Waals surface area (Å²) >= 11 is 12.6. The highest BCUT2D eigenvalue weighted by molar-refractivity contribution is 6.30. The molecule has 1 saturated heterocycles. The Balaban J connectivity index is 1.73. The van der Waals surface area contributed by atoms with Crippen molar-refractivity contribution in [1.29, 1.82) is 0 Å². The van der Waals surface area contributed by atoms with E-state index in [-0.39, 0.29) is 30.2 Å². The van der Waals surface area contributed by atoms with Crippen LogP contribution in [-0.4, -0.2) is 47.3 Å². The number of ether oxygens (including phenoxy) is 1. The fourth-order valence-corrected chi connectivity index (χ4v) is 5.62. The van der Waals surface area contributed by atoms with Crippen LogP contribution in [0.4, 0.5) is 4.79 Å². The Bertz CT molecular complexity index is 1480. The maximum Gasteiger partial charge on any atom is 0.340 e. The van der Waals surface area contributed by atoms with E-state index >= 15 is 0 Å². The smallest absolute Gasteiger partial charge is 0.340 e. The van der Waals surface area contributed by atoms with E-state index in [2.05, 4.69) is 38.3 Å². The zero-order chi connectivity index (χ0) is 30.0. The number of hydrazine groups is 1. The molecule has 5 rings (SSSR count). The van der Waals surface area contributed by atoms with Crippen molar-refractivity contribution in [2.24, 2.45) is 4.99 Å². The summed E-state index contributed by atoms with van der Waals surface area (Å²) in [5.74, 6) is 1.28. The van der Waals surface area contributed by atoms with Crippen molar-refractivity contribution >= 4 is 40.9 Å². The number of carbonyl (C=O) groups excluding carboxylic acids is 2. The van der Waals surface area contributed by atoms with E-state index in [1.54, 1.807) is 9.91 Å². The molecule has 0 aliphatic carbocycles. The van der Waals surface area contributed by atoms with Gasteiger partial charge in [0.05, 0.1) is 18.2 Å². The minimum absolute atomic E-state index is 0.123. The molecule has 0 saturated carbocycles. The van der Waals surface area contributed by atoms with Gasteiger partial charge in [-0.05, 0) is 65.4 Å². The number of halogens is 2. The summed E-state index contributed by atoms with van der Waals surface area (Å²) in [5.41, 5.74) is 6.64. The van der Waals surface area contributed by atoms with Crippen LogP contribution in [0.2, 0.25) is 10.0 Å². The maximum atomic E-state index is 14.6. The molecule has 220 valence electrons. The van der Waals surface area contributed by atoms with Crippen LogP contribution < -0.4 is 10.2 Å². The number of hydrogen-bond donors (Lipinski definition) is 1. The molecule has 42 heavy (non-hydrogen) atoms. The monoisotopic (exact) mass is 606 g/mol. The van der Waals surface area contributed by atoms with Crippen LogP contribution in [0.15, 0.2) is 71.7 Å². The van der Waals surface area contributed by atoms with Gasteiger partial charge in [0, 0.05) is 36.0 Å². The van der Waals surface area contributed by atoms with E-state index in [1.165, 1.54) is 0 Å². The number of ketones is 1. The molecule has 0 aromatic heterocycles. The maximum absolute atomic E-state index is 14.6. The lowest BCUT2D eigenvalue weighted by molar-refractivity contribution is -0.118. The lowest BCUT2D eigenvalue weighted by atomic mass is 9.86. The topological polar surface area (TPSA) is 74.2 Å². The average molecular weight is 608 g/mol. The van der Waals surface area contributed by atoms with Crippen LogP contribution in [-0.2, 0) is 10.2 Å². The Morgan fingerprint density at radius 3 is 2.24 bits per heavy atom. The number of benzene rings is 3. The molecule has 1 N–H and O–H groups in total. The molecule has 0 spiro atoms. The third-order valence-corrected chi connectivity index (χ3v) is 8.14. The number of hydrogen-bond acceptors (Lipinski definition) is 5. The zero-order valence-electron chi connectivity index (χ0n) is 24.4. The molecule has 2 amide bonds. The summed E-state index contributed by atoms with van der Waals surface area (Å²) in [7, 11) is 0. The second kappa shape index (κ2) is 12.5. The van der Waals surface area contributed by atoms with Crippen LogP contribution in [0.3, 0.4) is 0 Å². The molecule has 9 heteroatoms. The first kappa shape index (κ1) is 30.1. The summed E-state index contributed by atoms with van der Waals surface area (Å²) in [4.78, 5) is 33.8. The minimum atomic E-state index is -0.500. The van der Waals surface area contributed by atoms with Gasteiger partial charge in [-0.3, -0.25) is 19.7 Å². The third kappa shape index (κ3) is 6.33. The van der Waals surface area contributed by atoms with E-state index in [9.17, 15) is 9.59 Å². The van der Waals surface area contributed by atoms with E-state index in [0.717, 1.165) is 22.3 Å². The van der Waals surface area contributed by atoms with Crippen molar-refractivity contribution in [2.75, 3.05) is 19.7 Å². The number of rotatable bonds is 5. The number of amides is 2. The molecule has 3 aromatic carbocycles. The van der Waals surface area contributed by atoms with Crippen LogP contribution in [0.1, 0.15) is 74.9 Å². The summed E-state index contributed by atoms with van der Waals surface area (Å²) in [6.07, 6.45) is 0.663. The molecule has 2 aliphatic rings. The highest BCUT2D eigenvalue weighted by Crippen LogP contribution is 2.46. The second-order valence-electron chi connectivity index (χ2n) is 11.6. The second-order valence-corrected chi connectivity index (χ2v) is 12.5. The summed E-state index contributed by atoms with van der Waals surface area (Å²) in [5, 5.41) is 2.76. The molecule has 0 radical (unpaired) electrons. The number of nitrogens with one attached hydrogen (secondary N) is 1. The number of urea groups is 1. The minimum Gasteiger partial charge on any atom is -0.493 e. The predicted molar refractivity (Wildman–Crippen MR) is 167 cm³/mol. The van der Waals surface area contributed by atoms with E-state index in [1.807, 2.05) is 61.5 Å². The molecule has 0 unspecified atom stereocenters. The summed E-state index contributed by atoms with van der Waals surface area (Å²) in [6.45, 7) is 9.50. The van der Waals surface area contributed by atoms with E-state index in [4.69, 9.17) is 32.9 Å². The SMILES string of the molecule is CCOc1ccc(C(C)(C)C)cc1C1=N[C@@H](c2ccc(Cl)cc2)[C@@H](c2ccc(Cl)cc2)N1C(=O)N1CCC(=O)CCN1. The van der Waals surface area contributed by atoms with Gasteiger partial charge in [-0.2, -0.15) is 0 Å². The molecular weight excluding hydrogens is 571 g/mol. The van der Waals surface area contributed by atoms with Gasteiger partial charge in [0.25, 0.3) is 0 Å². The van der Waals surface area contributed by atoms with E-state index < -0.39 is 12.1 Å². The Labute approximate surface area is 257 Å². The third-order valence-electron chi connectivity index (χ3n) is 7.63. The molecule has 2 heterocycles. The standard InChI is InChI=1S/C33H36Cl2N4O3/c1-5-42-28-15-10-23(33(2,3)4)20-27(28)31-37-29(21-6-11-24(34)12-7-21)30(22-8-13-25(35)14-9-22)39(31)32(41)38-19-17-26(40)16-18-36-38/h6-15,20,29-30,36H,5,16-19H2,1-4H3/t29-,30+/m0/s1. The predicted octanol–water partition coefficient (Wildman–Crippen LogP) is 7.52. The first-order valence-electron chi connectivity index (χ1n) is 14.3. The van der Waals surface area contributed by atoms with Crippen molar-refractivity contribution in [1.82, 2.24) is 15.3 Å². The molecule has 0 bridgehead atoms. The van der Waals surface area contributed by atoms with Gasteiger partial charge in [-0.15, -0.1) is 0 Å².